The average molecular weight is 439 g/mol. The summed E-state index contributed by atoms with van der Waals surface area (Å²) in [4.78, 5) is 21.0. The molecule has 2 heterocycles. The number of carbonyl (C=O) groups is 1. The minimum atomic E-state index is -0.301. The van der Waals surface area contributed by atoms with Gasteiger partial charge in [-0.3, -0.25) is 9.36 Å². The fourth-order valence-electron chi connectivity index (χ4n) is 3.34. The van der Waals surface area contributed by atoms with Gasteiger partial charge < -0.3 is 15.0 Å². The Morgan fingerprint density at radius 2 is 1.84 bits per heavy atom. The standard InChI is InChI=1S/C23H23FN4O2S/c1-14(15-5-7-16(24)8-6-15)25-21(29)20-13-19-22(31-20)28(23(26-19)27(2)3)17-9-11-18(30-4)12-10-17/h5-14H,1-4H3,(H,25,29)/t14-/m0/s1. The zero-order chi connectivity index (χ0) is 22.1. The van der Waals surface area contributed by atoms with Crippen LogP contribution >= 0.6 is 11.3 Å². The molecule has 160 valence electrons. The van der Waals surface area contributed by atoms with Crippen LogP contribution in [0.15, 0.2) is 54.6 Å². The van der Waals surface area contributed by atoms with Gasteiger partial charge in [0.2, 0.25) is 5.95 Å². The molecule has 0 unspecified atom stereocenters. The summed E-state index contributed by atoms with van der Waals surface area (Å²) in [6, 6.07) is 15.4. The number of aromatic nitrogens is 2. The predicted octanol–water partition coefficient (Wildman–Crippen LogP) is 4.79. The zero-order valence-electron chi connectivity index (χ0n) is 17.7. The smallest absolute Gasteiger partial charge is 0.261 e. The van der Waals surface area contributed by atoms with E-state index in [0.29, 0.717) is 4.88 Å². The third-order valence-corrected chi connectivity index (χ3v) is 6.10. The van der Waals surface area contributed by atoms with Gasteiger partial charge in [-0.15, -0.1) is 11.3 Å². The highest BCUT2D eigenvalue weighted by Crippen LogP contribution is 2.33. The van der Waals surface area contributed by atoms with Crippen LogP contribution in [0, 0.1) is 5.82 Å². The molecule has 0 saturated carbocycles. The molecule has 4 aromatic rings. The summed E-state index contributed by atoms with van der Waals surface area (Å²) in [6.07, 6.45) is 0. The Kier molecular flexibility index (Phi) is 5.65. The minimum Gasteiger partial charge on any atom is -0.497 e. The molecule has 4 rings (SSSR count). The first-order valence-electron chi connectivity index (χ1n) is 9.77. The largest absolute Gasteiger partial charge is 0.497 e. The first kappa shape index (κ1) is 20.9. The highest BCUT2D eigenvalue weighted by Gasteiger charge is 2.21. The molecule has 0 aliphatic rings. The van der Waals surface area contributed by atoms with Crippen LogP contribution < -0.4 is 15.0 Å². The van der Waals surface area contributed by atoms with E-state index in [1.165, 1.54) is 23.5 Å². The van der Waals surface area contributed by atoms with E-state index in [2.05, 4.69) is 5.32 Å². The summed E-state index contributed by atoms with van der Waals surface area (Å²) in [5.74, 6) is 1.06. The minimum absolute atomic E-state index is 0.187. The van der Waals surface area contributed by atoms with Crippen LogP contribution in [0.3, 0.4) is 0 Å². The molecule has 0 aliphatic heterocycles. The molecule has 0 bridgehead atoms. The monoisotopic (exact) mass is 438 g/mol. The van der Waals surface area contributed by atoms with Crippen LogP contribution in [-0.2, 0) is 0 Å². The normalized spacial score (nSPS) is 12.0. The van der Waals surface area contributed by atoms with Crippen molar-refractivity contribution in [3.63, 3.8) is 0 Å². The molecule has 0 aliphatic carbocycles. The number of hydrogen-bond acceptors (Lipinski definition) is 5. The Morgan fingerprint density at radius 3 is 2.45 bits per heavy atom. The third kappa shape index (κ3) is 4.11. The lowest BCUT2D eigenvalue weighted by molar-refractivity contribution is 0.0944. The SMILES string of the molecule is COc1ccc(-n2c(N(C)C)nc3cc(C(=O)N[C@@H](C)c4ccc(F)cc4)sc32)cc1. The summed E-state index contributed by atoms with van der Waals surface area (Å²) in [7, 11) is 5.50. The van der Waals surface area contributed by atoms with Crippen LogP contribution in [0.2, 0.25) is 0 Å². The second-order valence-corrected chi connectivity index (χ2v) is 8.42. The fourth-order valence-corrected chi connectivity index (χ4v) is 4.36. The van der Waals surface area contributed by atoms with Gasteiger partial charge in [-0.25, -0.2) is 9.37 Å². The summed E-state index contributed by atoms with van der Waals surface area (Å²) in [6.45, 7) is 1.87. The van der Waals surface area contributed by atoms with Gasteiger partial charge in [-0.1, -0.05) is 12.1 Å². The van der Waals surface area contributed by atoms with Crippen LogP contribution in [0.1, 0.15) is 28.2 Å². The second-order valence-electron chi connectivity index (χ2n) is 7.39. The van der Waals surface area contributed by atoms with Crippen LogP contribution in [-0.4, -0.2) is 36.7 Å². The lowest BCUT2D eigenvalue weighted by Gasteiger charge is -2.15. The van der Waals surface area contributed by atoms with Gasteiger partial charge in [0, 0.05) is 14.1 Å². The lowest BCUT2D eigenvalue weighted by atomic mass is 10.1. The van der Waals surface area contributed by atoms with Crippen molar-refractivity contribution in [2.24, 2.45) is 0 Å². The van der Waals surface area contributed by atoms with Crippen molar-refractivity contribution in [3.8, 4) is 11.4 Å². The number of nitrogens with one attached hydrogen (secondary N) is 1. The van der Waals surface area contributed by atoms with Crippen molar-refractivity contribution in [3.05, 3.63) is 70.9 Å². The number of fused-ring (bicyclic) bond motifs is 1. The van der Waals surface area contributed by atoms with Crippen LogP contribution in [0.5, 0.6) is 5.75 Å². The Hall–Kier alpha value is -3.39. The number of benzene rings is 2. The molecule has 1 atom stereocenters. The van der Waals surface area contributed by atoms with E-state index in [1.54, 1.807) is 25.3 Å². The number of thiophene rings is 1. The van der Waals surface area contributed by atoms with E-state index >= 15 is 0 Å². The molecule has 8 heteroatoms. The van der Waals surface area contributed by atoms with Gasteiger partial charge in [0.15, 0.2) is 0 Å². The zero-order valence-corrected chi connectivity index (χ0v) is 18.5. The molecule has 6 nitrogen and oxygen atoms in total. The maximum atomic E-state index is 13.2. The highest BCUT2D eigenvalue weighted by atomic mass is 32.1. The van der Waals surface area contributed by atoms with Crippen molar-refractivity contribution < 1.29 is 13.9 Å². The van der Waals surface area contributed by atoms with Gasteiger partial charge >= 0.3 is 0 Å². The van der Waals surface area contributed by atoms with Crippen molar-refractivity contribution in [2.75, 3.05) is 26.1 Å². The Morgan fingerprint density at radius 1 is 1.16 bits per heavy atom. The maximum absolute atomic E-state index is 13.2. The van der Waals surface area contributed by atoms with Gasteiger partial charge in [-0.2, -0.15) is 0 Å². The Labute approximate surface area is 183 Å². The van der Waals surface area contributed by atoms with Crippen LogP contribution in [0.4, 0.5) is 10.3 Å². The number of imidazole rings is 1. The van der Waals surface area contributed by atoms with Crippen LogP contribution in [0.25, 0.3) is 16.0 Å². The first-order valence-corrected chi connectivity index (χ1v) is 10.6. The number of halogens is 1. The van der Waals surface area contributed by atoms with Gasteiger partial charge in [-0.05, 0) is 55.0 Å². The summed E-state index contributed by atoms with van der Waals surface area (Å²) < 4.78 is 20.5. The molecule has 2 aromatic heterocycles. The van der Waals surface area contributed by atoms with Crippen molar-refractivity contribution in [1.29, 1.82) is 0 Å². The maximum Gasteiger partial charge on any atom is 0.261 e. The molecule has 31 heavy (non-hydrogen) atoms. The number of carbonyl (C=O) groups excluding carboxylic acids is 1. The summed E-state index contributed by atoms with van der Waals surface area (Å²) in [5, 5.41) is 2.98. The number of amides is 1. The molecule has 0 spiro atoms. The summed E-state index contributed by atoms with van der Waals surface area (Å²) in [5.41, 5.74) is 2.52. The van der Waals surface area contributed by atoms with Crippen molar-refractivity contribution in [2.45, 2.75) is 13.0 Å². The van der Waals surface area contributed by atoms with E-state index < -0.39 is 0 Å². The third-order valence-electron chi connectivity index (χ3n) is 4.99. The highest BCUT2D eigenvalue weighted by molar-refractivity contribution is 7.20. The fraction of sp³-hybridized carbons (Fsp3) is 0.217. The first-order chi connectivity index (χ1) is 14.9. The lowest BCUT2D eigenvalue weighted by Crippen LogP contribution is -2.25. The van der Waals surface area contributed by atoms with Gasteiger partial charge in [0.1, 0.15) is 21.9 Å². The van der Waals surface area contributed by atoms with E-state index in [0.717, 1.165) is 33.3 Å². The number of anilines is 1. The molecule has 0 fully saturated rings. The Bertz CT molecular complexity index is 1210. The summed E-state index contributed by atoms with van der Waals surface area (Å²) >= 11 is 1.39. The molecular formula is C23H23FN4O2S. The molecule has 0 saturated heterocycles. The van der Waals surface area contributed by atoms with Crippen molar-refractivity contribution in [1.82, 2.24) is 14.9 Å². The Balaban J connectivity index is 1.66. The van der Waals surface area contributed by atoms with E-state index in [1.807, 2.05) is 54.8 Å². The van der Waals surface area contributed by atoms with Gasteiger partial charge in [0.05, 0.1) is 23.7 Å². The number of rotatable bonds is 6. The quantitative estimate of drug-likeness (QED) is 0.470. The predicted molar refractivity (Wildman–Crippen MR) is 122 cm³/mol. The second kappa shape index (κ2) is 8.39. The topological polar surface area (TPSA) is 59.4 Å². The van der Waals surface area contributed by atoms with Crippen molar-refractivity contribution >= 4 is 33.5 Å². The van der Waals surface area contributed by atoms with Gasteiger partial charge in [0.25, 0.3) is 5.91 Å². The average Bonchev–Trinajstić information content (AvgIpc) is 3.32. The molecule has 2 aromatic carbocycles. The number of methoxy groups -OCH3 is 1. The number of ether oxygens (including phenoxy) is 1. The number of nitrogens with zero attached hydrogens (tertiary/aromatic N) is 3. The van der Waals surface area contributed by atoms with E-state index in [9.17, 15) is 9.18 Å². The molecular weight excluding hydrogens is 415 g/mol. The number of hydrogen-bond donors (Lipinski definition) is 1. The molecule has 1 N–H and O–H groups in total. The molecule has 1 amide bonds. The van der Waals surface area contributed by atoms with E-state index in [4.69, 9.17) is 9.72 Å². The molecule has 0 radical (unpaired) electrons. The van der Waals surface area contributed by atoms with E-state index in [-0.39, 0.29) is 17.8 Å².